The number of ether oxygens (including phenoxy) is 3. The zero-order valence-electron chi connectivity index (χ0n) is 20.3. The number of carbonyl (C=O) groups excluding carboxylic acids is 1. The van der Waals surface area contributed by atoms with Gasteiger partial charge in [0.05, 0.1) is 38.9 Å². The van der Waals surface area contributed by atoms with Crippen molar-refractivity contribution in [1.29, 1.82) is 0 Å². The molecule has 37 heavy (non-hydrogen) atoms. The summed E-state index contributed by atoms with van der Waals surface area (Å²) in [6.07, 6.45) is 1.47. The minimum atomic E-state index is -0.306. The molecule has 0 aliphatic heterocycles. The van der Waals surface area contributed by atoms with Gasteiger partial charge < -0.3 is 14.2 Å². The second-order valence-electron chi connectivity index (χ2n) is 7.51. The maximum Gasteiger partial charge on any atom is 0.250 e. The minimum Gasteiger partial charge on any atom is -0.496 e. The first-order valence-corrected chi connectivity index (χ1v) is 12.8. The Hall–Kier alpha value is -3.83. The number of hydrogen-bond acceptors (Lipinski definition) is 8. The number of amides is 1. The van der Waals surface area contributed by atoms with E-state index < -0.39 is 0 Å². The molecule has 0 aliphatic rings. The first-order chi connectivity index (χ1) is 18.0. The Morgan fingerprint density at radius 3 is 2.30 bits per heavy atom. The number of hydrazone groups is 1. The number of halogens is 1. The summed E-state index contributed by atoms with van der Waals surface area (Å²) in [5.74, 6) is 2.04. The number of benzene rings is 3. The second-order valence-corrected chi connectivity index (χ2v) is 9.37. The van der Waals surface area contributed by atoms with Gasteiger partial charge in [0, 0.05) is 27.9 Å². The van der Waals surface area contributed by atoms with E-state index in [1.165, 1.54) is 32.2 Å². The molecule has 0 saturated carbocycles. The van der Waals surface area contributed by atoms with Crippen molar-refractivity contribution in [3.63, 3.8) is 0 Å². The monoisotopic (exact) mass is 581 g/mol. The molecule has 0 saturated heterocycles. The van der Waals surface area contributed by atoms with Crippen LogP contribution in [-0.2, 0) is 4.79 Å². The summed E-state index contributed by atoms with van der Waals surface area (Å²) in [6.45, 7) is 0. The average Bonchev–Trinajstić information content (AvgIpc) is 3.36. The topological polar surface area (TPSA) is 99.9 Å². The van der Waals surface area contributed by atoms with Crippen molar-refractivity contribution in [1.82, 2.24) is 20.2 Å². The van der Waals surface area contributed by atoms with Gasteiger partial charge in [-0.15, -0.1) is 10.2 Å². The third-order valence-corrected chi connectivity index (χ3v) is 6.68. The lowest BCUT2D eigenvalue weighted by atomic mass is 10.2. The van der Waals surface area contributed by atoms with Crippen LogP contribution in [0.4, 0.5) is 0 Å². The quantitative estimate of drug-likeness (QED) is 0.160. The first kappa shape index (κ1) is 26.2. The smallest absolute Gasteiger partial charge is 0.250 e. The van der Waals surface area contributed by atoms with E-state index in [2.05, 4.69) is 36.7 Å². The Labute approximate surface area is 227 Å². The molecule has 0 atom stereocenters. The molecule has 0 radical (unpaired) electrons. The molecule has 1 heterocycles. The van der Waals surface area contributed by atoms with Crippen molar-refractivity contribution < 1.29 is 19.0 Å². The second kappa shape index (κ2) is 12.4. The molecule has 11 heteroatoms. The molecular formula is C26H24BrN5O4S. The van der Waals surface area contributed by atoms with Crippen LogP contribution in [0.5, 0.6) is 17.2 Å². The van der Waals surface area contributed by atoms with Gasteiger partial charge in [-0.25, -0.2) is 5.43 Å². The van der Waals surface area contributed by atoms with Gasteiger partial charge in [-0.2, -0.15) is 5.10 Å². The molecule has 190 valence electrons. The van der Waals surface area contributed by atoms with Crippen LogP contribution in [0.3, 0.4) is 0 Å². The summed E-state index contributed by atoms with van der Waals surface area (Å²) in [5.41, 5.74) is 4.91. The Morgan fingerprint density at radius 1 is 1.00 bits per heavy atom. The van der Waals surface area contributed by atoms with Crippen molar-refractivity contribution in [3.8, 4) is 34.3 Å². The summed E-state index contributed by atoms with van der Waals surface area (Å²) in [6, 6.07) is 21.0. The number of thioether (sulfide) groups is 1. The fourth-order valence-corrected chi connectivity index (χ4v) is 4.46. The van der Waals surface area contributed by atoms with E-state index in [0.717, 1.165) is 15.7 Å². The van der Waals surface area contributed by atoms with Crippen LogP contribution in [0.2, 0.25) is 0 Å². The fourth-order valence-electron chi connectivity index (χ4n) is 3.45. The molecule has 1 aromatic heterocycles. The number of methoxy groups -OCH3 is 3. The zero-order valence-corrected chi connectivity index (χ0v) is 22.7. The van der Waals surface area contributed by atoms with E-state index in [9.17, 15) is 4.79 Å². The number of nitrogens with zero attached hydrogens (tertiary/aromatic N) is 4. The Bertz CT molecular complexity index is 1370. The highest BCUT2D eigenvalue weighted by Gasteiger charge is 2.17. The molecular weight excluding hydrogens is 558 g/mol. The van der Waals surface area contributed by atoms with Crippen molar-refractivity contribution >= 4 is 39.8 Å². The lowest BCUT2D eigenvalue weighted by Crippen LogP contribution is -2.20. The van der Waals surface area contributed by atoms with E-state index in [1.54, 1.807) is 19.2 Å². The number of nitrogens with one attached hydrogen (secondary N) is 1. The molecule has 0 bridgehead atoms. The van der Waals surface area contributed by atoms with Crippen LogP contribution in [0.15, 0.2) is 81.5 Å². The van der Waals surface area contributed by atoms with E-state index in [-0.39, 0.29) is 11.7 Å². The third kappa shape index (κ3) is 6.30. The van der Waals surface area contributed by atoms with E-state index >= 15 is 0 Å². The van der Waals surface area contributed by atoms with Gasteiger partial charge >= 0.3 is 0 Å². The van der Waals surface area contributed by atoms with Gasteiger partial charge in [-0.1, -0.05) is 58.0 Å². The summed E-state index contributed by atoms with van der Waals surface area (Å²) in [7, 11) is 4.62. The Morgan fingerprint density at radius 2 is 1.68 bits per heavy atom. The summed E-state index contributed by atoms with van der Waals surface area (Å²) < 4.78 is 19.0. The van der Waals surface area contributed by atoms with Crippen LogP contribution in [-0.4, -0.2) is 54.0 Å². The third-order valence-electron chi connectivity index (χ3n) is 5.22. The Balaban J connectivity index is 1.50. The van der Waals surface area contributed by atoms with Crippen molar-refractivity contribution in [3.05, 3.63) is 76.8 Å². The molecule has 1 N–H and O–H groups in total. The zero-order chi connectivity index (χ0) is 26.2. The average molecular weight is 582 g/mol. The van der Waals surface area contributed by atoms with Gasteiger partial charge in [0.15, 0.2) is 11.0 Å². The Kier molecular flexibility index (Phi) is 8.81. The number of hydrogen-bond donors (Lipinski definition) is 1. The summed E-state index contributed by atoms with van der Waals surface area (Å²) in [4.78, 5) is 12.6. The molecule has 3 aromatic carbocycles. The molecule has 0 spiro atoms. The highest BCUT2D eigenvalue weighted by molar-refractivity contribution is 9.10. The van der Waals surface area contributed by atoms with Crippen LogP contribution in [0, 0.1) is 0 Å². The van der Waals surface area contributed by atoms with Gasteiger partial charge in [0.25, 0.3) is 5.91 Å². The predicted molar refractivity (Wildman–Crippen MR) is 147 cm³/mol. The molecule has 1 amide bonds. The molecule has 0 aliphatic carbocycles. The molecule has 4 aromatic rings. The molecule has 9 nitrogen and oxygen atoms in total. The molecule has 4 rings (SSSR count). The highest BCUT2D eigenvalue weighted by Crippen LogP contribution is 2.33. The van der Waals surface area contributed by atoms with Crippen molar-refractivity contribution in [2.45, 2.75) is 5.16 Å². The highest BCUT2D eigenvalue weighted by atomic mass is 79.9. The summed E-state index contributed by atoms with van der Waals surface area (Å²) in [5, 5.41) is 13.4. The maximum atomic E-state index is 12.6. The maximum absolute atomic E-state index is 12.6. The SMILES string of the molecule is COc1cc(OC)c(/C=N/NC(=O)CSc2nnc(-c3ccccc3)n2-c2ccc(Br)cc2)c(OC)c1. The summed E-state index contributed by atoms with van der Waals surface area (Å²) >= 11 is 4.73. The lowest BCUT2D eigenvalue weighted by molar-refractivity contribution is -0.118. The van der Waals surface area contributed by atoms with E-state index in [1.807, 2.05) is 59.2 Å². The van der Waals surface area contributed by atoms with Crippen molar-refractivity contribution in [2.24, 2.45) is 5.10 Å². The number of rotatable bonds is 10. The van der Waals surface area contributed by atoms with Crippen molar-refractivity contribution in [2.75, 3.05) is 27.1 Å². The first-order valence-electron chi connectivity index (χ1n) is 11.1. The minimum absolute atomic E-state index is 0.0810. The van der Waals surface area contributed by atoms with Crippen LogP contribution in [0.1, 0.15) is 5.56 Å². The standard InChI is InChI=1S/C26H24BrN5O4S/c1-34-20-13-22(35-2)21(23(14-20)36-3)15-28-29-24(33)16-37-26-31-30-25(17-7-5-4-6-8-17)32(26)19-11-9-18(27)10-12-19/h4-15H,16H2,1-3H3,(H,29,33)/b28-15+. The predicted octanol–water partition coefficient (Wildman–Crippen LogP) is 4.97. The molecule has 0 unspecified atom stereocenters. The van der Waals surface area contributed by atoms with Crippen LogP contribution >= 0.6 is 27.7 Å². The van der Waals surface area contributed by atoms with Gasteiger partial charge in [0.1, 0.15) is 17.2 Å². The number of carbonyl (C=O) groups is 1. The van der Waals surface area contributed by atoms with Gasteiger partial charge in [-0.3, -0.25) is 9.36 Å². The fraction of sp³-hybridized carbons (Fsp3) is 0.154. The van der Waals surface area contributed by atoms with Gasteiger partial charge in [-0.05, 0) is 24.3 Å². The largest absolute Gasteiger partial charge is 0.496 e. The number of aromatic nitrogens is 3. The van der Waals surface area contributed by atoms with E-state index in [4.69, 9.17) is 14.2 Å². The van der Waals surface area contributed by atoms with Crippen LogP contribution < -0.4 is 19.6 Å². The van der Waals surface area contributed by atoms with Crippen LogP contribution in [0.25, 0.3) is 17.1 Å². The normalized spacial score (nSPS) is 10.9. The molecule has 0 fully saturated rings. The van der Waals surface area contributed by atoms with E-state index in [0.29, 0.717) is 33.8 Å². The van der Waals surface area contributed by atoms with Gasteiger partial charge in [0.2, 0.25) is 0 Å². The lowest BCUT2D eigenvalue weighted by Gasteiger charge is -2.12.